The highest BCUT2D eigenvalue weighted by molar-refractivity contribution is 8.14. The lowest BCUT2D eigenvalue weighted by atomic mass is 10.1. The molecule has 4 rings (SSSR count). The summed E-state index contributed by atoms with van der Waals surface area (Å²) >= 11 is 1.29. The van der Waals surface area contributed by atoms with E-state index >= 15 is 0 Å². The van der Waals surface area contributed by atoms with Crippen LogP contribution < -0.4 is 16.4 Å². The predicted molar refractivity (Wildman–Crippen MR) is 111 cm³/mol. The lowest BCUT2D eigenvalue weighted by Crippen LogP contribution is -2.39. The van der Waals surface area contributed by atoms with Crippen LogP contribution in [0.25, 0.3) is 10.9 Å². The van der Waals surface area contributed by atoms with Gasteiger partial charge in [0.05, 0.1) is 5.75 Å². The number of anilines is 1. The molecule has 1 aromatic heterocycles. The first-order valence-corrected chi connectivity index (χ1v) is 9.39. The molecule has 0 unspecified atom stereocenters. The van der Waals surface area contributed by atoms with Crippen molar-refractivity contribution in [2.45, 2.75) is 6.17 Å². The molecule has 8 heteroatoms. The van der Waals surface area contributed by atoms with Gasteiger partial charge >= 0.3 is 0 Å². The van der Waals surface area contributed by atoms with E-state index in [1.165, 1.54) is 11.8 Å². The van der Waals surface area contributed by atoms with E-state index < -0.39 is 6.17 Å². The number of aliphatic imine (C=N–C) groups is 2. The first-order chi connectivity index (χ1) is 13.2. The van der Waals surface area contributed by atoms with Gasteiger partial charge in [-0.05, 0) is 18.2 Å². The summed E-state index contributed by atoms with van der Waals surface area (Å²) in [6.07, 6.45) is 1.45. The fourth-order valence-corrected chi connectivity index (χ4v) is 3.51. The zero-order valence-electron chi connectivity index (χ0n) is 14.3. The zero-order valence-corrected chi connectivity index (χ0v) is 15.2. The third-order valence-electron chi connectivity index (χ3n) is 4.03. The minimum atomic E-state index is -0.443. The maximum Gasteiger partial charge on any atom is 0.234 e. The Balaban J connectivity index is 1.46. The van der Waals surface area contributed by atoms with Crippen LogP contribution >= 0.6 is 11.8 Å². The molecule has 2 aromatic carbocycles. The monoisotopic (exact) mass is 378 g/mol. The topological polar surface area (TPSA) is 108 Å². The number of para-hydroxylation sites is 2. The number of aromatic amines is 1. The molecule has 0 bridgehead atoms. The minimum Gasteiger partial charge on any atom is -0.370 e. The maximum absolute atomic E-state index is 12.1. The highest BCUT2D eigenvalue weighted by Gasteiger charge is 2.20. The summed E-state index contributed by atoms with van der Waals surface area (Å²) in [5.74, 6) is 0.390. The number of nitrogens with zero attached hydrogens (tertiary/aromatic N) is 2. The quantitative estimate of drug-likeness (QED) is 0.560. The number of hydrogen-bond acceptors (Lipinski definition) is 6. The fourth-order valence-electron chi connectivity index (χ4n) is 2.82. The molecule has 136 valence electrons. The van der Waals surface area contributed by atoms with Gasteiger partial charge in [-0.2, -0.15) is 0 Å². The summed E-state index contributed by atoms with van der Waals surface area (Å²) in [5.41, 5.74) is 8.66. The molecular weight excluding hydrogens is 360 g/mol. The van der Waals surface area contributed by atoms with Gasteiger partial charge in [0.25, 0.3) is 0 Å². The Morgan fingerprint density at radius 3 is 2.74 bits per heavy atom. The SMILES string of the molecule is NC1=N[C@H](c2c[nH]c3ccccc23)N=C(SCC(=O)Nc2ccccc2)N1. The highest BCUT2D eigenvalue weighted by atomic mass is 32.2. The third-order valence-corrected chi connectivity index (χ3v) is 4.92. The van der Waals surface area contributed by atoms with Crippen molar-refractivity contribution in [3.05, 3.63) is 66.4 Å². The molecule has 0 aliphatic carbocycles. The Hall–Kier alpha value is -3.26. The first-order valence-electron chi connectivity index (χ1n) is 8.41. The summed E-state index contributed by atoms with van der Waals surface area (Å²) in [5, 5.41) is 7.39. The minimum absolute atomic E-state index is 0.111. The average molecular weight is 378 g/mol. The smallest absolute Gasteiger partial charge is 0.234 e. The van der Waals surface area contributed by atoms with Crippen LogP contribution in [0, 0.1) is 0 Å². The summed E-state index contributed by atoms with van der Waals surface area (Å²) in [4.78, 5) is 24.3. The van der Waals surface area contributed by atoms with E-state index in [0.29, 0.717) is 5.17 Å². The first kappa shape index (κ1) is 17.2. The number of guanidine groups is 1. The lowest BCUT2D eigenvalue weighted by molar-refractivity contribution is -0.113. The second kappa shape index (κ2) is 7.55. The van der Waals surface area contributed by atoms with Crippen LogP contribution in [0.3, 0.4) is 0 Å². The molecule has 0 saturated heterocycles. The molecule has 2 heterocycles. The third kappa shape index (κ3) is 3.95. The van der Waals surface area contributed by atoms with Gasteiger partial charge in [-0.15, -0.1) is 0 Å². The van der Waals surface area contributed by atoms with E-state index in [1.807, 2.05) is 60.8 Å². The number of thioether (sulfide) groups is 1. The Morgan fingerprint density at radius 1 is 1.11 bits per heavy atom. The lowest BCUT2D eigenvalue weighted by Gasteiger charge is -2.18. The standard InChI is InChI=1S/C19H18N6OS/c20-18-23-17(14-10-21-15-9-5-4-8-13(14)15)24-19(25-18)27-11-16(26)22-12-6-2-1-3-7-12/h1-10,17,21H,11H2,(H,22,26)(H3,20,23,24,25)/t17-/m0/s1. The molecule has 27 heavy (non-hydrogen) atoms. The molecule has 0 radical (unpaired) electrons. The number of carbonyl (C=O) groups is 1. The Labute approximate surface area is 160 Å². The largest absolute Gasteiger partial charge is 0.370 e. The predicted octanol–water partition coefficient (Wildman–Crippen LogP) is 2.81. The number of carbonyl (C=O) groups excluding carboxylic acids is 1. The van der Waals surface area contributed by atoms with E-state index in [9.17, 15) is 4.79 Å². The van der Waals surface area contributed by atoms with E-state index in [2.05, 4.69) is 25.6 Å². The second-order valence-corrected chi connectivity index (χ2v) is 6.90. The summed E-state index contributed by atoms with van der Waals surface area (Å²) in [6, 6.07) is 17.3. The molecule has 0 fully saturated rings. The van der Waals surface area contributed by atoms with Gasteiger partial charge < -0.3 is 21.4 Å². The van der Waals surface area contributed by atoms with Gasteiger partial charge in [-0.1, -0.05) is 48.2 Å². The van der Waals surface area contributed by atoms with E-state index in [4.69, 9.17) is 5.73 Å². The number of H-pyrrole nitrogens is 1. The van der Waals surface area contributed by atoms with Crippen LogP contribution in [0.1, 0.15) is 11.7 Å². The number of fused-ring (bicyclic) bond motifs is 1. The number of aromatic nitrogens is 1. The number of hydrogen-bond donors (Lipinski definition) is 4. The number of amides is 1. The fraction of sp³-hybridized carbons (Fsp3) is 0.105. The molecule has 5 N–H and O–H groups in total. The van der Waals surface area contributed by atoms with Crippen LogP contribution in [-0.2, 0) is 4.79 Å². The van der Waals surface area contributed by atoms with E-state index in [0.717, 1.165) is 22.2 Å². The van der Waals surface area contributed by atoms with Gasteiger partial charge in [0.15, 0.2) is 17.3 Å². The van der Waals surface area contributed by atoms with Crippen LogP contribution in [-0.4, -0.2) is 27.8 Å². The van der Waals surface area contributed by atoms with Gasteiger partial charge in [0.2, 0.25) is 5.91 Å². The molecule has 7 nitrogen and oxygen atoms in total. The molecular formula is C19H18N6OS. The molecule has 1 atom stereocenters. The average Bonchev–Trinajstić information content (AvgIpc) is 3.11. The van der Waals surface area contributed by atoms with Crippen molar-refractivity contribution in [3.63, 3.8) is 0 Å². The maximum atomic E-state index is 12.1. The van der Waals surface area contributed by atoms with Gasteiger partial charge in [0.1, 0.15) is 0 Å². The Kier molecular flexibility index (Phi) is 4.80. The molecule has 1 amide bonds. The van der Waals surface area contributed by atoms with Crippen molar-refractivity contribution in [1.82, 2.24) is 10.3 Å². The molecule has 1 aliphatic rings. The van der Waals surface area contributed by atoms with Crippen LogP contribution in [0.15, 0.2) is 70.8 Å². The van der Waals surface area contributed by atoms with Gasteiger partial charge in [-0.3, -0.25) is 4.79 Å². The summed E-state index contributed by atoms with van der Waals surface area (Å²) < 4.78 is 0. The number of amidine groups is 1. The van der Waals surface area contributed by atoms with Crippen molar-refractivity contribution < 1.29 is 4.79 Å². The van der Waals surface area contributed by atoms with E-state index in [1.54, 1.807) is 0 Å². The van der Waals surface area contributed by atoms with Gasteiger partial charge in [0, 0.05) is 28.4 Å². The van der Waals surface area contributed by atoms with Crippen LogP contribution in [0.4, 0.5) is 5.69 Å². The van der Waals surface area contributed by atoms with Crippen molar-refractivity contribution >= 4 is 45.4 Å². The van der Waals surface area contributed by atoms with Crippen LogP contribution in [0.2, 0.25) is 0 Å². The van der Waals surface area contributed by atoms with Gasteiger partial charge in [-0.25, -0.2) is 9.98 Å². The second-order valence-electron chi connectivity index (χ2n) is 5.94. The number of benzene rings is 2. The van der Waals surface area contributed by atoms with Crippen LogP contribution in [0.5, 0.6) is 0 Å². The number of rotatable bonds is 4. The number of nitrogens with one attached hydrogen (secondary N) is 3. The Bertz CT molecular complexity index is 1030. The Morgan fingerprint density at radius 2 is 1.89 bits per heavy atom. The highest BCUT2D eigenvalue weighted by Crippen LogP contribution is 2.29. The molecule has 1 aliphatic heterocycles. The van der Waals surface area contributed by atoms with Crippen molar-refractivity contribution in [1.29, 1.82) is 0 Å². The molecule has 0 spiro atoms. The van der Waals surface area contributed by atoms with Crippen molar-refractivity contribution in [2.75, 3.05) is 11.1 Å². The normalized spacial score (nSPS) is 16.4. The molecule has 3 aromatic rings. The molecule has 0 saturated carbocycles. The summed E-state index contributed by atoms with van der Waals surface area (Å²) in [6.45, 7) is 0. The zero-order chi connectivity index (χ0) is 18.6. The van der Waals surface area contributed by atoms with Crippen molar-refractivity contribution in [2.24, 2.45) is 15.7 Å². The summed E-state index contributed by atoms with van der Waals surface area (Å²) in [7, 11) is 0. The van der Waals surface area contributed by atoms with E-state index in [-0.39, 0.29) is 17.6 Å². The number of nitrogens with two attached hydrogens (primary N) is 1. The van der Waals surface area contributed by atoms with Crippen molar-refractivity contribution in [3.8, 4) is 0 Å².